The third-order valence-corrected chi connectivity index (χ3v) is 8.81. The molecule has 0 aromatic rings. The summed E-state index contributed by atoms with van der Waals surface area (Å²) in [5, 5.41) is 13.6. The van der Waals surface area contributed by atoms with Crippen LogP contribution in [0.15, 0.2) is 36.5 Å². The Balaban J connectivity index is 4.55. The number of quaternary nitrogens is 1. The molecule has 0 aromatic heterocycles. The lowest BCUT2D eigenvalue weighted by Crippen LogP contribution is -2.45. The minimum Gasteiger partial charge on any atom is -0.756 e. The van der Waals surface area contributed by atoms with Crippen molar-refractivity contribution in [2.45, 2.75) is 154 Å². The SMILES string of the molecule is CCCCC/C=C/C/C=C/CCCCCCCC(=O)N[C@@H](COP(=O)([O-])OCC[N+](C)(C)C)[C@H](O)/C=C/CCCCCCCCC. The number of allylic oxidation sites excluding steroid dienone is 5. The molecule has 8 nitrogen and oxygen atoms in total. The van der Waals surface area contributed by atoms with E-state index >= 15 is 0 Å². The van der Waals surface area contributed by atoms with Gasteiger partial charge in [-0.15, -0.1) is 0 Å². The number of hydrogen-bond donors (Lipinski definition) is 2. The van der Waals surface area contributed by atoms with Gasteiger partial charge in [0, 0.05) is 6.42 Å². The van der Waals surface area contributed by atoms with Gasteiger partial charge in [-0.1, -0.05) is 121 Å². The summed E-state index contributed by atoms with van der Waals surface area (Å²) in [4.78, 5) is 25.1. The highest BCUT2D eigenvalue weighted by molar-refractivity contribution is 7.45. The third kappa shape index (κ3) is 31.3. The Morgan fingerprint density at radius 3 is 1.85 bits per heavy atom. The molecule has 0 fully saturated rings. The fourth-order valence-electron chi connectivity index (χ4n) is 4.83. The smallest absolute Gasteiger partial charge is 0.268 e. The lowest BCUT2D eigenvalue weighted by Gasteiger charge is -2.29. The van der Waals surface area contributed by atoms with Crippen molar-refractivity contribution in [3.63, 3.8) is 0 Å². The van der Waals surface area contributed by atoms with Crippen molar-refractivity contribution >= 4 is 13.7 Å². The molecule has 0 spiro atoms. The first-order valence-electron chi connectivity index (χ1n) is 18.4. The average molecular weight is 671 g/mol. The van der Waals surface area contributed by atoms with E-state index in [1.165, 1.54) is 57.8 Å². The molecule has 0 aliphatic heterocycles. The van der Waals surface area contributed by atoms with E-state index in [4.69, 9.17) is 9.05 Å². The Hall–Kier alpha value is -1.28. The number of phosphoric acid groups is 1. The Kier molecular flexibility index (Phi) is 29.0. The molecule has 0 heterocycles. The molecule has 0 saturated carbocycles. The van der Waals surface area contributed by atoms with Crippen molar-refractivity contribution in [3.8, 4) is 0 Å². The molecular formula is C37H71N2O6P. The van der Waals surface area contributed by atoms with Crippen LogP contribution in [0.5, 0.6) is 0 Å². The summed E-state index contributed by atoms with van der Waals surface area (Å²) in [6, 6.07) is -0.889. The Morgan fingerprint density at radius 1 is 0.761 bits per heavy atom. The van der Waals surface area contributed by atoms with E-state index in [1.807, 2.05) is 27.2 Å². The molecule has 46 heavy (non-hydrogen) atoms. The number of aliphatic hydroxyl groups is 1. The number of nitrogens with one attached hydrogen (secondary N) is 1. The van der Waals surface area contributed by atoms with Crippen molar-refractivity contribution in [2.75, 3.05) is 40.9 Å². The van der Waals surface area contributed by atoms with Crippen LogP contribution in [0.1, 0.15) is 142 Å². The molecule has 0 radical (unpaired) electrons. The lowest BCUT2D eigenvalue weighted by atomic mass is 10.1. The zero-order valence-corrected chi connectivity index (χ0v) is 31.2. The fourth-order valence-corrected chi connectivity index (χ4v) is 5.55. The van der Waals surface area contributed by atoms with Crippen LogP contribution in [0.2, 0.25) is 0 Å². The zero-order chi connectivity index (χ0) is 34.4. The Labute approximate surface area is 283 Å². The monoisotopic (exact) mass is 671 g/mol. The van der Waals surface area contributed by atoms with E-state index in [9.17, 15) is 19.4 Å². The Morgan fingerprint density at radius 2 is 1.26 bits per heavy atom. The summed E-state index contributed by atoms with van der Waals surface area (Å²) >= 11 is 0. The zero-order valence-electron chi connectivity index (χ0n) is 30.3. The second-order valence-corrected chi connectivity index (χ2v) is 15.0. The second-order valence-electron chi connectivity index (χ2n) is 13.6. The largest absolute Gasteiger partial charge is 0.756 e. The fraction of sp³-hybridized carbons (Fsp3) is 0.811. The molecule has 0 aliphatic carbocycles. The summed E-state index contributed by atoms with van der Waals surface area (Å²) in [5.41, 5.74) is 0. The third-order valence-electron chi connectivity index (χ3n) is 7.84. The first-order valence-corrected chi connectivity index (χ1v) is 19.8. The Bertz CT molecular complexity index is 855. The molecule has 3 atom stereocenters. The minimum atomic E-state index is -4.58. The van der Waals surface area contributed by atoms with Gasteiger partial charge in [0.2, 0.25) is 5.91 Å². The predicted molar refractivity (Wildman–Crippen MR) is 191 cm³/mol. The van der Waals surface area contributed by atoms with Gasteiger partial charge in [-0.25, -0.2) is 0 Å². The van der Waals surface area contributed by atoms with Crippen LogP contribution < -0.4 is 10.2 Å². The summed E-state index contributed by atoms with van der Waals surface area (Å²) < 4.78 is 23.0. The molecule has 270 valence electrons. The van der Waals surface area contributed by atoms with Gasteiger partial charge < -0.3 is 28.8 Å². The average Bonchev–Trinajstić information content (AvgIpc) is 2.99. The van der Waals surface area contributed by atoms with Gasteiger partial charge in [-0.2, -0.15) is 0 Å². The molecule has 0 saturated heterocycles. The maximum atomic E-state index is 12.7. The van der Waals surface area contributed by atoms with Crippen molar-refractivity contribution in [3.05, 3.63) is 36.5 Å². The number of carbonyl (C=O) groups is 1. The highest BCUT2D eigenvalue weighted by Gasteiger charge is 2.23. The maximum absolute atomic E-state index is 12.7. The molecule has 0 bridgehead atoms. The van der Waals surface area contributed by atoms with E-state index < -0.39 is 20.0 Å². The van der Waals surface area contributed by atoms with E-state index in [-0.39, 0.29) is 19.1 Å². The molecular weight excluding hydrogens is 599 g/mol. The number of phosphoric ester groups is 1. The van der Waals surface area contributed by atoms with Crippen LogP contribution in [0, 0.1) is 0 Å². The molecule has 0 rings (SSSR count). The number of nitrogens with zero attached hydrogens (tertiary/aromatic N) is 1. The van der Waals surface area contributed by atoms with E-state index in [1.54, 1.807) is 6.08 Å². The van der Waals surface area contributed by atoms with Crippen LogP contribution in [0.4, 0.5) is 0 Å². The van der Waals surface area contributed by atoms with Gasteiger partial charge in [0.25, 0.3) is 7.82 Å². The van der Waals surface area contributed by atoms with Gasteiger partial charge in [0.15, 0.2) is 0 Å². The number of unbranched alkanes of at least 4 members (excludes halogenated alkanes) is 15. The van der Waals surface area contributed by atoms with Crippen LogP contribution in [0.3, 0.4) is 0 Å². The molecule has 2 N–H and O–H groups in total. The number of amides is 1. The summed E-state index contributed by atoms with van der Waals surface area (Å²) in [5.74, 6) is -0.217. The van der Waals surface area contributed by atoms with E-state index in [2.05, 4.69) is 43.5 Å². The highest BCUT2D eigenvalue weighted by Crippen LogP contribution is 2.38. The minimum absolute atomic E-state index is 0.00493. The van der Waals surface area contributed by atoms with Gasteiger partial charge in [0.05, 0.1) is 39.9 Å². The number of hydrogen-bond acceptors (Lipinski definition) is 6. The van der Waals surface area contributed by atoms with Gasteiger partial charge in [0.1, 0.15) is 13.2 Å². The van der Waals surface area contributed by atoms with Crippen molar-refractivity contribution in [1.82, 2.24) is 5.32 Å². The first-order chi connectivity index (χ1) is 22.0. The van der Waals surface area contributed by atoms with E-state index in [0.717, 1.165) is 64.2 Å². The van der Waals surface area contributed by atoms with Crippen LogP contribution in [-0.4, -0.2) is 68.5 Å². The van der Waals surface area contributed by atoms with E-state index in [0.29, 0.717) is 17.4 Å². The molecule has 9 heteroatoms. The summed E-state index contributed by atoms with van der Waals surface area (Å²) in [6.45, 7) is 4.54. The van der Waals surface area contributed by atoms with Gasteiger partial charge in [-0.05, 0) is 51.4 Å². The predicted octanol–water partition coefficient (Wildman–Crippen LogP) is 8.55. The van der Waals surface area contributed by atoms with Gasteiger partial charge >= 0.3 is 0 Å². The summed E-state index contributed by atoms with van der Waals surface area (Å²) in [7, 11) is 1.24. The number of rotatable bonds is 32. The normalized spacial score (nSPS) is 15.2. The quantitative estimate of drug-likeness (QED) is 0.0321. The number of aliphatic hydroxyl groups excluding tert-OH is 1. The van der Waals surface area contributed by atoms with Crippen molar-refractivity contribution in [1.29, 1.82) is 0 Å². The van der Waals surface area contributed by atoms with Crippen LogP contribution in [0.25, 0.3) is 0 Å². The van der Waals surface area contributed by atoms with Gasteiger partial charge in [-0.3, -0.25) is 9.36 Å². The molecule has 0 aromatic carbocycles. The first kappa shape index (κ1) is 44.7. The highest BCUT2D eigenvalue weighted by atomic mass is 31.2. The van der Waals surface area contributed by atoms with Crippen LogP contribution >= 0.6 is 7.82 Å². The van der Waals surface area contributed by atoms with Crippen molar-refractivity contribution < 1.29 is 32.9 Å². The number of likely N-dealkylation sites (N-methyl/N-ethyl adjacent to an activating group) is 1. The standard InChI is InChI=1S/C37H71N2O6P/c1-6-8-10-12-14-16-17-18-19-20-21-23-25-27-29-31-37(41)38-35(34-45-46(42,43)44-33-32-39(3,4)5)36(40)30-28-26-24-22-15-13-11-9-7-2/h14,16,18-19,28,30,35-36,40H,6-13,15,17,20-27,29,31-34H2,1-5H3,(H-,38,41,42,43)/b16-14+,19-18+,30-28+/t35-,36+/m0/s1. The summed E-state index contributed by atoms with van der Waals surface area (Å²) in [6.07, 6.45) is 33.3. The second kappa shape index (κ2) is 29.8. The number of carbonyl (C=O) groups excluding carboxylic acids is 1. The molecule has 0 aliphatic rings. The topological polar surface area (TPSA) is 108 Å². The lowest BCUT2D eigenvalue weighted by molar-refractivity contribution is -0.870. The maximum Gasteiger partial charge on any atom is 0.268 e. The molecule has 1 unspecified atom stereocenters. The molecule has 1 amide bonds. The van der Waals surface area contributed by atoms with Crippen molar-refractivity contribution in [2.24, 2.45) is 0 Å². The van der Waals surface area contributed by atoms with Crippen LogP contribution in [-0.2, 0) is 18.4 Å².